The van der Waals surface area contributed by atoms with E-state index in [9.17, 15) is 4.79 Å². The van der Waals surface area contributed by atoms with Gasteiger partial charge in [0.1, 0.15) is 11.0 Å². The molecule has 2 heterocycles. The predicted molar refractivity (Wildman–Crippen MR) is 105 cm³/mol. The van der Waals surface area contributed by atoms with Gasteiger partial charge in [-0.3, -0.25) is 4.79 Å². The first-order chi connectivity index (χ1) is 11.9. The van der Waals surface area contributed by atoms with Crippen LogP contribution in [0.4, 0.5) is 11.8 Å². The maximum absolute atomic E-state index is 12.0. The van der Waals surface area contributed by atoms with Crippen molar-refractivity contribution in [2.24, 2.45) is 0 Å². The lowest BCUT2D eigenvalue weighted by atomic mass is 9.79. The molecule has 1 aliphatic rings. The molecular weight excluding hydrogens is 354 g/mol. The zero-order chi connectivity index (χ0) is 19.7. The van der Waals surface area contributed by atoms with E-state index in [1.807, 2.05) is 7.05 Å². The van der Waals surface area contributed by atoms with Crippen LogP contribution in [0.1, 0.15) is 53.0 Å². The SMILES string of the molecule is CCOC(=O)Cc1c(Cl)nc(N)nc1N(C)C1CC(C)(C)NC(C)(C)C1. The maximum atomic E-state index is 12.0. The Morgan fingerprint density at radius 3 is 2.42 bits per heavy atom. The Morgan fingerprint density at radius 1 is 1.31 bits per heavy atom. The Morgan fingerprint density at radius 2 is 1.88 bits per heavy atom. The van der Waals surface area contributed by atoms with Crippen molar-refractivity contribution in [3.63, 3.8) is 0 Å². The first kappa shape index (κ1) is 20.7. The van der Waals surface area contributed by atoms with E-state index in [2.05, 4.69) is 47.9 Å². The number of hydrogen-bond donors (Lipinski definition) is 2. The molecule has 7 nitrogen and oxygen atoms in total. The van der Waals surface area contributed by atoms with Crippen LogP contribution in [-0.4, -0.2) is 46.7 Å². The summed E-state index contributed by atoms with van der Waals surface area (Å²) in [6.07, 6.45) is 1.87. The minimum Gasteiger partial charge on any atom is -0.466 e. The van der Waals surface area contributed by atoms with Crippen LogP contribution in [0.25, 0.3) is 0 Å². The van der Waals surface area contributed by atoms with E-state index in [0.717, 1.165) is 12.8 Å². The smallest absolute Gasteiger partial charge is 0.310 e. The standard InChI is InChI=1S/C18H30ClN5O2/c1-7-26-13(25)8-12-14(19)21-16(20)22-15(12)24(6)11-9-17(2,3)23-18(4,5)10-11/h11,23H,7-10H2,1-6H3,(H2,20,21,22). The van der Waals surface area contributed by atoms with Crippen molar-refractivity contribution < 1.29 is 9.53 Å². The van der Waals surface area contributed by atoms with Crippen LogP contribution in [-0.2, 0) is 16.0 Å². The number of anilines is 2. The highest BCUT2D eigenvalue weighted by Gasteiger charge is 2.40. The second-order valence-electron chi connectivity index (χ2n) is 8.22. The van der Waals surface area contributed by atoms with E-state index in [0.29, 0.717) is 18.0 Å². The van der Waals surface area contributed by atoms with Gasteiger partial charge in [0.05, 0.1) is 13.0 Å². The van der Waals surface area contributed by atoms with E-state index in [1.165, 1.54) is 0 Å². The second kappa shape index (κ2) is 7.56. The molecule has 1 aromatic heterocycles. The number of nitrogens with zero attached hydrogens (tertiary/aromatic N) is 3. The summed E-state index contributed by atoms with van der Waals surface area (Å²) in [4.78, 5) is 22.5. The Hall–Kier alpha value is -1.60. The van der Waals surface area contributed by atoms with Crippen molar-refractivity contribution in [1.82, 2.24) is 15.3 Å². The fraction of sp³-hybridized carbons (Fsp3) is 0.722. The molecule has 0 amide bonds. The van der Waals surface area contributed by atoms with Crippen molar-refractivity contribution in [3.05, 3.63) is 10.7 Å². The predicted octanol–water partition coefficient (Wildman–Crippen LogP) is 2.56. The number of rotatable bonds is 5. The number of esters is 1. The number of carbonyl (C=O) groups excluding carboxylic acids is 1. The highest BCUT2D eigenvalue weighted by atomic mass is 35.5. The molecule has 3 N–H and O–H groups in total. The summed E-state index contributed by atoms with van der Waals surface area (Å²) in [5.74, 6) is 0.328. The van der Waals surface area contributed by atoms with Crippen molar-refractivity contribution in [2.75, 3.05) is 24.3 Å². The summed E-state index contributed by atoms with van der Waals surface area (Å²) in [6, 6.07) is 0.215. The lowest BCUT2D eigenvalue weighted by molar-refractivity contribution is -0.142. The summed E-state index contributed by atoms with van der Waals surface area (Å²) >= 11 is 6.30. The minimum absolute atomic E-state index is 0.0182. The lowest BCUT2D eigenvalue weighted by Gasteiger charge is -2.49. The van der Waals surface area contributed by atoms with Crippen LogP contribution in [0.5, 0.6) is 0 Å². The van der Waals surface area contributed by atoms with E-state index in [-0.39, 0.29) is 40.6 Å². The number of aromatic nitrogens is 2. The number of ether oxygens (including phenoxy) is 1. The Labute approximate surface area is 160 Å². The van der Waals surface area contributed by atoms with Crippen LogP contribution < -0.4 is 16.0 Å². The molecule has 8 heteroatoms. The molecule has 146 valence electrons. The normalized spacial score (nSPS) is 19.2. The van der Waals surface area contributed by atoms with Crippen molar-refractivity contribution >= 4 is 29.3 Å². The highest BCUT2D eigenvalue weighted by molar-refractivity contribution is 6.30. The van der Waals surface area contributed by atoms with Crippen LogP contribution >= 0.6 is 11.6 Å². The van der Waals surface area contributed by atoms with Gasteiger partial charge < -0.3 is 20.7 Å². The van der Waals surface area contributed by atoms with Gasteiger partial charge in [0.25, 0.3) is 0 Å². The van der Waals surface area contributed by atoms with Gasteiger partial charge in [0.2, 0.25) is 5.95 Å². The molecule has 0 aromatic carbocycles. The molecule has 2 rings (SSSR count). The van der Waals surface area contributed by atoms with Crippen LogP contribution in [0.2, 0.25) is 5.15 Å². The van der Waals surface area contributed by atoms with Gasteiger partial charge in [0.15, 0.2) is 0 Å². The molecule has 0 spiro atoms. The maximum Gasteiger partial charge on any atom is 0.310 e. The summed E-state index contributed by atoms with van der Waals surface area (Å²) in [6.45, 7) is 10.8. The third-order valence-electron chi connectivity index (χ3n) is 4.63. The number of piperidine rings is 1. The summed E-state index contributed by atoms with van der Waals surface area (Å²) < 4.78 is 5.06. The zero-order valence-electron chi connectivity index (χ0n) is 16.5. The molecule has 1 fully saturated rings. The molecule has 1 aromatic rings. The van der Waals surface area contributed by atoms with Gasteiger partial charge in [-0.05, 0) is 47.5 Å². The molecule has 0 saturated carbocycles. The first-order valence-electron chi connectivity index (χ1n) is 8.94. The molecule has 1 aliphatic heterocycles. The molecule has 0 radical (unpaired) electrons. The monoisotopic (exact) mass is 383 g/mol. The average molecular weight is 384 g/mol. The number of carbonyl (C=O) groups is 1. The van der Waals surface area contributed by atoms with Crippen molar-refractivity contribution in [1.29, 1.82) is 0 Å². The first-order valence-corrected chi connectivity index (χ1v) is 9.31. The van der Waals surface area contributed by atoms with Gasteiger partial charge in [-0.2, -0.15) is 4.98 Å². The van der Waals surface area contributed by atoms with Gasteiger partial charge in [-0.1, -0.05) is 11.6 Å². The molecule has 0 aliphatic carbocycles. The van der Waals surface area contributed by atoms with Crippen molar-refractivity contribution in [3.8, 4) is 0 Å². The van der Waals surface area contributed by atoms with E-state index in [4.69, 9.17) is 22.1 Å². The molecule has 0 unspecified atom stereocenters. The van der Waals surface area contributed by atoms with E-state index in [1.54, 1.807) is 6.92 Å². The fourth-order valence-electron chi connectivity index (χ4n) is 3.98. The van der Waals surface area contributed by atoms with Gasteiger partial charge >= 0.3 is 5.97 Å². The van der Waals surface area contributed by atoms with Crippen LogP contribution in [0.15, 0.2) is 0 Å². The summed E-state index contributed by atoms with van der Waals surface area (Å²) in [5.41, 5.74) is 6.33. The number of nitrogens with one attached hydrogen (secondary N) is 1. The van der Waals surface area contributed by atoms with E-state index < -0.39 is 0 Å². The lowest BCUT2D eigenvalue weighted by Crippen LogP contribution is -2.62. The third kappa shape index (κ3) is 4.98. The largest absolute Gasteiger partial charge is 0.466 e. The van der Waals surface area contributed by atoms with Crippen LogP contribution in [0.3, 0.4) is 0 Å². The minimum atomic E-state index is -0.358. The van der Waals surface area contributed by atoms with Crippen molar-refractivity contribution in [2.45, 2.75) is 71.0 Å². The average Bonchev–Trinajstić information content (AvgIpc) is 2.46. The fourth-order valence-corrected chi connectivity index (χ4v) is 4.21. The highest BCUT2D eigenvalue weighted by Crippen LogP contribution is 2.35. The summed E-state index contributed by atoms with van der Waals surface area (Å²) in [5, 5.41) is 3.86. The molecule has 26 heavy (non-hydrogen) atoms. The number of halogens is 1. The Bertz CT molecular complexity index is 662. The van der Waals surface area contributed by atoms with E-state index >= 15 is 0 Å². The molecular formula is C18H30ClN5O2. The summed E-state index contributed by atoms with van der Waals surface area (Å²) in [7, 11) is 1.97. The topological polar surface area (TPSA) is 93.4 Å². The van der Waals surface area contributed by atoms with Crippen LogP contribution in [0, 0.1) is 0 Å². The number of nitrogens with two attached hydrogens (primary N) is 1. The molecule has 0 bridgehead atoms. The van der Waals surface area contributed by atoms with Gasteiger partial charge in [0, 0.05) is 29.7 Å². The third-order valence-corrected chi connectivity index (χ3v) is 4.94. The second-order valence-corrected chi connectivity index (χ2v) is 8.58. The molecule has 0 atom stereocenters. The molecule has 1 saturated heterocycles. The number of hydrogen-bond acceptors (Lipinski definition) is 7. The number of nitrogen functional groups attached to an aromatic ring is 1. The quantitative estimate of drug-likeness (QED) is 0.596. The zero-order valence-corrected chi connectivity index (χ0v) is 17.3. The Kier molecular flexibility index (Phi) is 6.02. The Balaban J connectivity index is 2.38. The van der Waals surface area contributed by atoms with Gasteiger partial charge in [-0.25, -0.2) is 4.98 Å². The van der Waals surface area contributed by atoms with Gasteiger partial charge in [-0.15, -0.1) is 0 Å².